The van der Waals surface area contributed by atoms with Crippen LogP contribution in [0.1, 0.15) is 253 Å². The van der Waals surface area contributed by atoms with Crippen molar-refractivity contribution >= 4 is 26.4 Å². The predicted octanol–water partition coefficient (Wildman–Crippen LogP) is 19.3. The van der Waals surface area contributed by atoms with Crippen LogP contribution >= 0.6 is 0 Å². The molecule has 0 fully saturated rings. The fourth-order valence-corrected chi connectivity index (χ4v) is 22.2. The predicted molar refractivity (Wildman–Crippen MR) is 340 cm³/mol. The molecule has 6 atom stereocenters. The van der Waals surface area contributed by atoms with Gasteiger partial charge in [-0.05, 0) is 92.2 Å². The first-order valence-corrected chi connectivity index (χ1v) is 37.6. The summed E-state index contributed by atoms with van der Waals surface area (Å²) in [7, 11) is -3.95. The first kappa shape index (κ1) is 70.5. The first-order valence-electron chi connectivity index (χ1n) is 31.7. The minimum atomic E-state index is -1.32. The van der Waals surface area contributed by atoms with E-state index in [9.17, 15) is 0 Å². The Bertz CT molecular complexity index is 1580. The fourth-order valence-electron chi connectivity index (χ4n) is 12.1. The molecule has 429 valence electrons. The summed E-state index contributed by atoms with van der Waals surface area (Å²) >= 11 is 0. The summed E-state index contributed by atoms with van der Waals surface area (Å²) in [6.07, 6.45) is 51.4. The lowest BCUT2D eigenvalue weighted by molar-refractivity contribution is 0.412. The summed E-state index contributed by atoms with van der Waals surface area (Å²) < 4.78 is 4.93. The van der Waals surface area contributed by atoms with E-state index in [0.29, 0.717) is 52.9 Å². The van der Waals surface area contributed by atoms with Crippen LogP contribution in [0.3, 0.4) is 0 Å². The van der Waals surface area contributed by atoms with Crippen molar-refractivity contribution in [3.05, 3.63) is 107 Å². The van der Waals surface area contributed by atoms with Crippen LogP contribution in [0, 0.1) is 17.8 Å². The van der Waals surface area contributed by atoms with Crippen molar-refractivity contribution in [2.45, 2.75) is 307 Å². The minimum absolute atomic E-state index is 0.350. The molecule has 0 spiro atoms. The zero-order valence-corrected chi connectivity index (χ0v) is 53.3. The van der Waals surface area contributed by atoms with E-state index in [4.69, 9.17) is 0 Å². The molecule has 6 nitrogen and oxygen atoms in total. The van der Waals surface area contributed by atoms with Crippen molar-refractivity contribution in [1.29, 1.82) is 0 Å². The summed E-state index contributed by atoms with van der Waals surface area (Å²) in [5, 5.41) is 0. The zero-order chi connectivity index (χ0) is 55.5. The molecular formula is C66H120N3O3Si3. The third-order valence-corrected chi connectivity index (χ3v) is 26.6. The van der Waals surface area contributed by atoms with E-state index in [1.54, 1.807) is 13.7 Å². The maximum atomic E-state index is 15.7. The highest BCUT2D eigenvalue weighted by atomic mass is 28.3. The Morgan fingerprint density at radius 1 is 0.333 bits per heavy atom. The molecule has 75 heavy (non-hydrogen) atoms. The molecule has 0 N–H and O–H groups in total. The molecule has 0 saturated heterocycles. The van der Waals surface area contributed by atoms with E-state index < -0.39 is 26.4 Å². The lowest BCUT2D eigenvalue weighted by Gasteiger charge is -2.31. The maximum absolute atomic E-state index is 15.7. The molecule has 0 amide bonds. The second kappa shape index (κ2) is 46.4. The van der Waals surface area contributed by atoms with Crippen LogP contribution in [0.15, 0.2) is 90.3 Å². The van der Waals surface area contributed by atoms with Crippen molar-refractivity contribution in [3.63, 3.8) is 0 Å². The van der Waals surface area contributed by atoms with Crippen molar-refractivity contribution in [1.82, 2.24) is 13.7 Å². The van der Waals surface area contributed by atoms with Gasteiger partial charge in [-0.25, -0.2) is 28.1 Å². The Morgan fingerprint density at radius 3 is 0.773 bits per heavy atom. The van der Waals surface area contributed by atoms with E-state index in [0.717, 1.165) is 134 Å². The summed E-state index contributed by atoms with van der Waals surface area (Å²) in [5.41, 5.74) is 0.0611. The zero-order valence-electron chi connectivity index (χ0n) is 50.3. The van der Waals surface area contributed by atoms with Gasteiger partial charge in [0.2, 0.25) is 0 Å². The Labute approximate surface area is 469 Å². The minimum Gasteiger partial charge on any atom is -0.248 e. The highest BCUT2D eigenvalue weighted by Crippen LogP contribution is 2.36. The van der Waals surface area contributed by atoms with Crippen LogP contribution in [-0.4, -0.2) is 40.1 Å². The third-order valence-electron chi connectivity index (χ3n) is 16.6. The van der Waals surface area contributed by atoms with Crippen molar-refractivity contribution in [3.8, 4) is 0 Å². The summed E-state index contributed by atoms with van der Waals surface area (Å²) in [6.45, 7) is 39.1. The molecule has 6 unspecified atom stereocenters. The van der Waals surface area contributed by atoms with E-state index in [1.165, 1.54) is 96.3 Å². The Morgan fingerprint density at radius 2 is 0.560 bits per heavy atom. The molecule has 0 aliphatic rings. The van der Waals surface area contributed by atoms with Crippen LogP contribution in [0.5, 0.6) is 0 Å². The number of hydrogen-bond acceptors (Lipinski definition) is 3. The van der Waals surface area contributed by atoms with Gasteiger partial charge in [0, 0.05) is 18.5 Å². The van der Waals surface area contributed by atoms with Crippen LogP contribution in [0.4, 0.5) is 0 Å². The molecule has 0 saturated carbocycles. The normalized spacial score (nSPS) is 14.2. The van der Waals surface area contributed by atoms with Crippen LogP contribution in [-0.2, 0) is 18.5 Å². The Hall–Kier alpha value is -2.50. The molecule has 1 aromatic heterocycles. The molecule has 0 aliphatic heterocycles. The Balaban J connectivity index is 4.39. The van der Waals surface area contributed by atoms with E-state index >= 15 is 14.4 Å². The first-order chi connectivity index (χ1) is 36.5. The van der Waals surface area contributed by atoms with Crippen molar-refractivity contribution < 1.29 is 0 Å². The van der Waals surface area contributed by atoms with Gasteiger partial charge in [-0.3, -0.25) is 0 Å². The van der Waals surface area contributed by atoms with Gasteiger partial charge >= 0.3 is 17.1 Å². The number of allylic oxidation sites excluding steroid dienone is 6. The van der Waals surface area contributed by atoms with Gasteiger partial charge in [-0.15, -0.1) is 39.5 Å². The number of rotatable bonds is 54. The summed E-state index contributed by atoms with van der Waals surface area (Å²) in [6, 6.07) is 3.14. The molecule has 1 heterocycles. The number of aromatic nitrogens is 3. The molecule has 3 radical (unpaired) electrons. The SMILES string of the molecule is C=CCC(CCCCCC)CC(CC=C)[Si](CCCCC)Cn1c(=O)n(C[Si](CCCCC)C(CC=C)CC(CC=C)CCCCCC)c(=O)n(C[Si](CCCCC)C(CC=C)CC(CC=C)CCCCCC)c1=O. The fraction of sp³-hybridized carbons (Fsp3) is 0.773. The lowest BCUT2D eigenvalue weighted by atomic mass is 9.92. The second-order valence-electron chi connectivity index (χ2n) is 23.0. The van der Waals surface area contributed by atoms with Gasteiger partial charge in [-0.2, -0.15) is 0 Å². The monoisotopic (exact) mass is 1090 g/mol. The molecule has 0 bridgehead atoms. The van der Waals surface area contributed by atoms with Crippen molar-refractivity contribution in [2.75, 3.05) is 0 Å². The molecule has 1 aromatic rings. The topological polar surface area (TPSA) is 66.0 Å². The molecule has 0 aromatic carbocycles. The maximum Gasteiger partial charge on any atom is 0.335 e. The van der Waals surface area contributed by atoms with Gasteiger partial charge in [0.05, 0.1) is 26.4 Å². The van der Waals surface area contributed by atoms with Crippen LogP contribution in [0.25, 0.3) is 0 Å². The average molecular weight is 1090 g/mol. The van der Waals surface area contributed by atoms with Crippen molar-refractivity contribution in [2.24, 2.45) is 17.8 Å². The largest absolute Gasteiger partial charge is 0.335 e. The summed E-state index contributed by atoms with van der Waals surface area (Å²) in [5.74, 6) is 1.57. The molecular weight excluding hydrogens is 967 g/mol. The smallest absolute Gasteiger partial charge is 0.248 e. The van der Waals surface area contributed by atoms with Gasteiger partial charge in [0.1, 0.15) is 0 Å². The Kier molecular flexibility index (Phi) is 43.6. The molecule has 0 aliphatic carbocycles. The molecule has 9 heteroatoms. The number of unbranched alkanes of at least 4 members (excludes halogenated alkanes) is 15. The second-order valence-corrected chi connectivity index (χ2v) is 31.9. The average Bonchev–Trinajstić information content (AvgIpc) is 3.39. The quantitative estimate of drug-likeness (QED) is 0.0371. The summed E-state index contributed by atoms with van der Waals surface area (Å²) in [4.78, 5) is 47.0. The van der Waals surface area contributed by atoms with Gasteiger partial charge < -0.3 is 0 Å². The van der Waals surface area contributed by atoms with Gasteiger partial charge in [0.15, 0.2) is 0 Å². The number of hydrogen-bond donors (Lipinski definition) is 0. The van der Waals surface area contributed by atoms with Crippen LogP contribution < -0.4 is 17.1 Å². The van der Waals surface area contributed by atoms with E-state index in [1.807, 2.05) is 0 Å². The highest BCUT2D eigenvalue weighted by Gasteiger charge is 2.33. The molecule has 1 rings (SSSR count). The highest BCUT2D eigenvalue weighted by molar-refractivity contribution is 6.60. The van der Waals surface area contributed by atoms with E-state index in [2.05, 4.69) is 117 Å². The number of nitrogens with zero attached hydrogens (tertiary/aromatic N) is 3. The lowest BCUT2D eigenvalue weighted by Crippen LogP contribution is -2.58. The van der Waals surface area contributed by atoms with Crippen LogP contribution in [0.2, 0.25) is 34.8 Å². The van der Waals surface area contributed by atoms with Gasteiger partial charge in [-0.1, -0.05) is 250 Å². The standard InChI is InChI=1S/C66H120N3O3Si3/c1-13-25-31-34-46-58(40-19-7)52-61(43-22-10)73(49-37-28-16-4)55-67-64(70)68(56-74(50-38-29-17-5)62(44-23-11)53-59(41-20-8)47-35-32-26-14-2)66(72)69(65(67)71)57-75(51-39-30-18-6)63(45-24-12)54-60(42-21-9)48-36-33-27-15-3/h19-24,58-63H,7-18,25-57H2,1-6H3. The van der Waals surface area contributed by atoms with E-state index in [-0.39, 0.29) is 17.1 Å². The third kappa shape index (κ3) is 29.3. The van der Waals surface area contributed by atoms with Gasteiger partial charge in [0.25, 0.3) is 0 Å².